The number of para-hydroxylation sites is 1. The molecule has 0 aliphatic carbocycles. The first-order valence-electron chi connectivity index (χ1n) is 8.83. The molecule has 4 rings (SSSR count). The van der Waals surface area contributed by atoms with Crippen LogP contribution in [0, 0.1) is 6.92 Å². The van der Waals surface area contributed by atoms with E-state index >= 15 is 0 Å². The Hall–Kier alpha value is -3.35. The highest BCUT2D eigenvalue weighted by Gasteiger charge is 2.14. The van der Waals surface area contributed by atoms with Gasteiger partial charge >= 0.3 is 0 Å². The van der Waals surface area contributed by atoms with Crippen molar-refractivity contribution in [3.8, 4) is 11.5 Å². The molecule has 3 aromatic rings. The Balaban J connectivity index is 1.57. The molecule has 0 unspecified atom stereocenters. The van der Waals surface area contributed by atoms with Crippen molar-refractivity contribution >= 4 is 23.1 Å². The molecule has 0 bridgehead atoms. The molecule has 0 saturated carbocycles. The normalized spacial score (nSPS) is 12.3. The number of fused-ring (bicyclic) bond motifs is 1. The van der Waals surface area contributed by atoms with E-state index in [4.69, 9.17) is 9.47 Å². The van der Waals surface area contributed by atoms with E-state index in [1.54, 1.807) is 6.20 Å². The molecule has 2 aromatic carbocycles. The molecule has 27 heavy (non-hydrogen) atoms. The van der Waals surface area contributed by atoms with Crippen LogP contribution in [0.4, 0.5) is 23.1 Å². The fourth-order valence-corrected chi connectivity index (χ4v) is 2.99. The van der Waals surface area contributed by atoms with E-state index in [9.17, 15) is 0 Å². The van der Waals surface area contributed by atoms with Crippen molar-refractivity contribution in [2.75, 3.05) is 17.4 Å². The Bertz CT molecular complexity index is 974. The second-order valence-corrected chi connectivity index (χ2v) is 6.68. The summed E-state index contributed by atoms with van der Waals surface area (Å²) in [5, 5.41) is 14.7. The van der Waals surface area contributed by atoms with E-state index in [1.165, 1.54) is 5.56 Å². The Morgan fingerprint density at radius 3 is 2.74 bits per heavy atom. The van der Waals surface area contributed by atoms with E-state index in [1.807, 2.05) is 18.2 Å². The highest BCUT2D eigenvalue weighted by atomic mass is 16.7. The quantitative estimate of drug-likeness (QED) is 0.690. The van der Waals surface area contributed by atoms with E-state index in [0.717, 1.165) is 22.7 Å². The molecule has 0 amide bonds. The Morgan fingerprint density at radius 1 is 1.04 bits per heavy atom. The molecule has 7 nitrogen and oxygen atoms in total. The minimum Gasteiger partial charge on any atom is -0.454 e. The van der Waals surface area contributed by atoms with Crippen LogP contribution in [-0.4, -0.2) is 22.0 Å². The first-order valence-corrected chi connectivity index (χ1v) is 8.83. The lowest BCUT2D eigenvalue weighted by molar-refractivity contribution is 0.174. The van der Waals surface area contributed by atoms with Crippen LogP contribution in [0.3, 0.4) is 0 Å². The van der Waals surface area contributed by atoms with Crippen molar-refractivity contribution in [3.63, 3.8) is 0 Å². The van der Waals surface area contributed by atoms with Crippen molar-refractivity contribution in [3.05, 3.63) is 53.7 Å². The minimum atomic E-state index is 0.241. The lowest BCUT2D eigenvalue weighted by Gasteiger charge is -2.16. The predicted molar refractivity (Wildman–Crippen MR) is 104 cm³/mol. The fourth-order valence-electron chi connectivity index (χ4n) is 2.99. The van der Waals surface area contributed by atoms with E-state index in [2.05, 4.69) is 64.8 Å². The van der Waals surface area contributed by atoms with Crippen LogP contribution >= 0.6 is 0 Å². The molecule has 1 aliphatic heterocycles. The molecule has 0 saturated heterocycles. The standard InChI is InChI=1S/C20H21N5O2/c1-12(2)15-6-4-5-13(3)19(15)23-18-10-21-25-20(24-18)22-14-7-8-16-17(9-14)27-11-26-16/h4-10,12H,11H2,1-3H3,(H2,22,23,24,25). The highest BCUT2D eigenvalue weighted by molar-refractivity contribution is 5.66. The predicted octanol–water partition coefficient (Wildman–Crippen LogP) is 4.52. The van der Waals surface area contributed by atoms with Crippen LogP contribution in [-0.2, 0) is 0 Å². The molecular formula is C20H21N5O2. The minimum absolute atomic E-state index is 0.241. The summed E-state index contributed by atoms with van der Waals surface area (Å²) in [4.78, 5) is 4.53. The Kier molecular flexibility index (Phi) is 4.50. The van der Waals surface area contributed by atoms with Crippen molar-refractivity contribution < 1.29 is 9.47 Å². The lowest BCUT2D eigenvalue weighted by atomic mass is 9.98. The zero-order valence-corrected chi connectivity index (χ0v) is 15.5. The molecule has 1 aliphatic rings. The van der Waals surface area contributed by atoms with E-state index in [-0.39, 0.29) is 6.79 Å². The summed E-state index contributed by atoms with van der Waals surface area (Å²) < 4.78 is 10.7. The summed E-state index contributed by atoms with van der Waals surface area (Å²) in [6, 6.07) is 11.9. The zero-order chi connectivity index (χ0) is 18.8. The van der Waals surface area contributed by atoms with E-state index in [0.29, 0.717) is 23.4 Å². The molecule has 0 fully saturated rings. The van der Waals surface area contributed by atoms with Crippen molar-refractivity contribution in [1.29, 1.82) is 0 Å². The molecule has 0 radical (unpaired) electrons. The van der Waals surface area contributed by atoms with Gasteiger partial charge in [0, 0.05) is 17.4 Å². The van der Waals surface area contributed by atoms with Gasteiger partial charge in [-0.2, -0.15) is 10.1 Å². The molecular weight excluding hydrogens is 342 g/mol. The average molecular weight is 363 g/mol. The van der Waals surface area contributed by atoms with Gasteiger partial charge in [0.05, 0.1) is 6.20 Å². The first-order chi connectivity index (χ1) is 13.1. The van der Waals surface area contributed by atoms with Gasteiger partial charge < -0.3 is 20.1 Å². The molecule has 7 heteroatoms. The number of nitrogens with zero attached hydrogens (tertiary/aromatic N) is 3. The Labute approximate surface area is 157 Å². The number of anilines is 4. The number of aryl methyl sites for hydroxylation is 1. The Morgan fingerprint density at radius 2 is 1.89 bits per heavy atom. The highest BCUT2D eigenvalue weighted by Crippen LogP contribution is 2.35. The third-order valence-electron chi connectivity index (χ3n) is 4.37. The van der Waals surface area contributed by atoms with Gasteiger partial charge in [0.15, 0.2) is 17.3 Å². The van der Waals surface area contributed by atoms with Gasteiger partial charge in [-0.05, 0) is 36.1 Å². The largest absolute Gasteiger partial charge is 0.454 e. The van der Waals surface area contributed by atoms with Gasteiger partial charge in [-0.1, -0.05) is 32.0 Å². The number of nitrogens with one attached hydrogen (secondary N) is 2. The molecule has 2 N–H and O–H groups in total. The average Bonchev–Trinajstić information content (AvgIpc) is 3.11. The maximum absolute atomic E-state index is 5.40. The summed E-state index contributed by atoms with van der Waals surface area (Å²) in [6.07, 6.45) is 1.61. The topological polar surface area (TPSA) is 81.2 Å². The van der Waals surface area contributed by atoms with Crippen molar-refractivity contribution in [1.82, 2.24) is 15.2 Å². The van der Waals surface area contributed by atoms with Gasteiger partial charge in [0.2, 0.25) is 12.7 Å². The van der Waals surface area contributed by atoms with Crippen LogP contribution in [0.5, 0.6) is 11.5 Å². The van der Waals surface area contributed by atoms with Crippen LogP contribution < -0.4 is 20.1 Å². The smallest absolute Gasteiger partial charge is 0.249 e. The number of hydrogen-bond acceptors (Lipinski definition) is 7. The van der Waals surface area contributed by atoms with Gasteiger partial charge in [-0.3, -0.25) is 0 Å². The summed E-state index contributed by atoms with van der Waals surface area (Å²) >= 11 is 0. The van der Waals surface area contributed by atoms with Crippen LogP contribution in [0.1, 0.15) is 30.9 Å². The monoisotopic (exact) mass is 363 g/mol. The number of hydrogen-bond donors (Lipinski definition) is 2. The van der Waals surface area contributed by atoms with Crippen LogP contribution in [0.2, 0.25) is 0 Å². The third-order valence-corrected chi connectivity index (χ3v) is 4.37. The summed E-state index contributed by atoms with van der Waals surface area (Å²) in [7, 11) is 0. The number of ether oxygens (including phenoxy) is 2. The maximum Gasteiger partial charge on any atom is 0.249 e. The maximum atomic E-state index is 5.40. The molecule has 0 atom stereocenters. The molecule has 1 aromatic heterocycles. The fraction of sp³-hybridized carbons (Fsp3) is 0.250. The summed E-state index contributed by atoms with van der Waals surface area (Å²) in [5.41, 5.74) is 4.25. The van der Waals surface area contributed by atoms with Crippen LogP contribution in [0.15, 0.2) is 42.6 Å². The van der Waals surface area contributed by atoms with Gasteiger partial charge in [-0.25, -0.2) is 0 Å². The first kappa shape index (κ1) is 17.1. The van der Waals surface area contributed by atoms with Gasteiger partial charge in [0.1, 0.15) is 0 Å². The van der Waals surface area contributed by atoms with Gasteiger partial charge in [0.25, 0.3) is 0 Å². The lowest BCUT2D eigenvalue weighted by Crippen LogP contribution is -2.05. The number of benzene rings is 2. The van der Waals surface area contributed by atoms with Crippen molar-refractivity contribution in [2.45, 2.75) is 26.7 Å². The second kappa shape index (κ2) is 7.11. The SMILES string of the molecule is Cc1cccc(C(C)C)c1Nc1cnnc(Nc2ccc3c(c2)OCO3)n1. The van der Waals surface area contributed by atoms with Gasteiger partial charge in [-0.15, -0.1) is 5.10 Å². The van der Waals surface area contributed by atoms with Crippen LogP contribution in [0.25, 0.3) is 0 Å². The zero-order valence-electron chi connectivity index (χ0n) is 15.5. The summed E-state index contributed by atoms with van der Waals surface area (Å²) in [5.74, 6) is 2.86. The van der Waals surface area contributed by atoms with Crippen molar-refractivity contribution in [2.24, 2.45) is 0 Å². The third kappa shape index (κ3) is 3.62. The molecule has 138 valence electrons. The number of aromatic nitrogens is 3. The second-order valence-electron chi connectivity index (χ2n) is 6.68. The summed E-state index contributed by atoms with van der Waals surface area (Å²) in [6.45, 7) is 6.66. The number of rotatable bonds is 5. The molecule has 2 heterocycles. The van der Waals surface area contributed by atoms with E-state index < -0.39 is 0 Å². The molecule has 0 spiro atoms.